The van der Waals surface area contributed by atoms with Gasteiger partial charge in [-0.25, -0.2) is 0 Å². The molecule has 0 unspecified atom stereocenters. The van der Waals surface area contributed by atoms with Crippen molar-refractivity contribution in [1.29, 1.82) is 0 Å². The molecule has 0 spiro atoms. The second kappa shape index (κ2) is 5.09. The highest BCUT2D eigenvalue weighted by atomic mass is 16.5. The highest BCUT2D eigenvalue weighted by molar-refractivity contribution is 5.96. The van der Waals surface area contributed by atoms with Gasteiger partial charge >= 0.3 is 5.97 Å². The lowest BCUT2D eigenvalue weighted by atomic mass is 10.2. The van der Waals surface area contributed by atoms with Crippen LogP contribution in [0.2, 0.25) is 0 Å². The highest BCUT2D eigenvalue weighted by Gasteiger charge is 2.30. The lowest BCUT2D eigenvalue weighted by molar-refractivity contribution is -0.138. The Kier molecular flexibility index (Phi) is 3.50. The number of aliphatic carboxylic acids is 1. The standard InChI is InChI=1S/C11H13N3O5/c12-9(15)4-14(5-10(16)17)11(18)7-3-8(19-13-7)6-1-2-6/h3,6H,1-2,4-5H2,(H2,12,15)(H,16,17). The molecule has 1 heterocycles. The predicted octanol–water partition coefficient (Wildman–Crippen LogP) is -0.436. The van der Waals surface area contributed by atoms with Crippen molar-refractivity contribution in [2.24, 2.45) is 5.73 Å². The third-order valence-electron chi connectivity index (χ3n) is 2.69. The Bertz CT molecular complexity index is 504. The number of rotatable bonds is 6. The quantitative estimate of drug-likeness (QED) is 0.719. The monoisotopic (exact) mass is 267 g/mol. The van der Waals surface area contributed by atoms with E-state index in [9.17, 15) is 14.4 Å². The zero-order chi connectivity index (χ0) is 14.0. The summed E-state index contributed by atoms with van der Waals surface area (Å²) >= 11 is 0. The van der Waals surface area contributed by atoms with Crippen molar-refractivity contribution in [3.63, 3.8) is 0 Å². The van der Waals surface area contributed by atoms with E-state index in [1.807, 2.05) is 0 Å². The van der Waals surface area contributed by atoms with Crippen LogP contribution in [-0.2, 0) is 9.59 Å². The zero-order valence-electron chi connectivity index (χ0n) is 10.0. The summed E-state index contributed by atoms with van der Waals surface area (Å²) in [5.74, 6) is -1.81. The number of carboxylic acids is 1. The number of nitrogens with zero attached hydrogens (tertiary/aromatic N) is 2. The van der Waals surface area contributed by atoms with Crippen LogP contribution >= 0.6 is 0 Å². The molecule has 102 valence electrons. The second-order valence-electron chi connectivity index (χ2n) is 4.41. The van der Waals surface area contributed by atoms with E-state index >= 15 is 0 Å². The third kappa shape index (κ3) is 3.30. The molecule has 19 heavy (non-hydrogen) atoms. The van der Waals surface area contributed by atoms with Gasteiger partial charge in [-0.1, -0.05) is 5.16 Å². The van der Waals surface area contributed by atoms with Crippen LogP contribution in [0, 0.1) is 0 Å². The number of amides is 2. The van der Waals surface area contributed by atoms with Gasteiger partial charge in [0.05, 0.1) is 0 Å². The van der Waals surface area contributed by atoms with Crippen molar-refractivity contribution < 1.29 is 24.0 Å². The Labute approximate surface area is 108 Å². The van der Waals surface area contributed by atoms with E-state index in [0.29, 0.717) is 5.76 Å². The summed E-state index contributed by atoms with van der Waals surface area (Å²) in [6.07, 6.45) is 1.98. The van der Waals surface area contributed by atoms with Crippen LogP contribution in [0.15, 0.2) is 10.6 Å². The van der Waals surface area contributed by atoms with E-state index in [4.69, 9.17) is 15.4 Å². The Balaban J connectivity index is 2.11. The predicted molar refractivity (Wildman–Crippen MR) is 61.2 cm³/mol. The van der Waals surface area contributed by atoms with Crippen molar-refractivity contribution in [3.05, 3.63) is 17.5 Å². The molecular weight excluding hydrogens is 254 g/mol. The summed E-state index contributed by atoms with van der Waals surface area (Å²) < 4.78 is 5.01. The van der Waals surface area contributed by atoms with Crippen molar-refractivity contribution >= 4 is 17.8 Å². The molecule has 0 saturated heterocycles. The van der Waals surface area contributed by atoms with Crippen LogP contribution < -0.4 is 5.73 Å². The molecule has 0 radical (unpaired) electrons. The molecule has 3 N–H and O–H groups in total. The van der Waals surface area contributed by atoms with Gasteiger partial charge in [-0.2, -0.15) is 0 Å². The fraction of sp³-hybridized carbons (Fsp3) is 0.455. The minimum Gasteiger partial charge on any atom is -0.480 e. The third-order valence-corrected chi connectivity index (χ3v) is 2.69. The van der Waals surface area contributed by atoms with Gasteiger partial charge in [0.1, 0.15) is 18.8 Å². The Morgan fingerprint density at radius 3 is 2.63 bits per heavy atom. The van der Waals surface area contributed by atoms with Gasteiger partial charge in [0.2, 0.25) is 5.91 Å². The Hall–Kier alpha value is -2.38. The summed E-state index contributed by atoms with van der Waals surface area (Å²) in [6.45, 7) is -1.09. The molecule has 0 bridgehead atoms. The Morgan fingerprint density at radius 2 is 2.11 bits per heavy atom. The number of nitrogens with two attached hydrogens (primary N) is 1. The van der Waals surface area contributed by atoms with Gasteiger partial charge in [-0.15, -0.1) is 0 Å². The molecule has 1 aromatic rings. The molecule has 8 nitrogen and oxygen atoms in total. The number of carbonyl (C=O) groups excluding carboxylic acids is 2. The Morgan fingerprint density at radius 1 is 1.42 bits per heavy atom. The lowest BCUT2D eigenvalue weighted by Crippen LogP contribution is -2.41. The fourth-order valence-electron chi connectivity index (χ4n) is 1.66. The first-order valence-electron chi connectivity index (χ1n) is 5.73. The maximum atomic E-state index is 12.0. The molecule has 1 saturated carbocycles. The van der Waals surface area contributed by atoms with Crippen molar-refractivity contribution in [2.45, 2.75) is 18.8 Å². The fourth-order valence-corrected chi connectivity index (χ4v) is 1.66. The van der Waals surface area contributed by atoms with E-state index in [-0.39, 0.29) is 11.6 Å². The number of aromatic nitrogens is 1. The van der Waals surface area contributed by atoms with Crippen LogP contribution in [0.25, 0.3) is 0 Å². The number of carbonyl (C=O) groups is 3. The maximum Gasteiger partial charge on any atom is 0.323 e. The minimum atomic E-state index is -1.24. The molecule has 1 aliphatic rings. The first-order valence-corrected chi connectivity index (χ1v) is 5.73. The normalized spacial score (nSPS) is 14.1. The summed E-state index contributed by atoms with van der Waals surface area (Å²) in [5.41, 5.74) is 4.97. The van der Waals surface area contributed by atoms with Gasteiger partial charge in [0.15, 0.2) is 5.69 Å². The highest BCUT2D eigenvalue weighted by Crippen LogP contribution is 2.40. The first kappa shape index (κ1) is 13.1. The topological polar surface area (TPSA) is 127 Å². The molecule has 1 aromatic heterocycles. The SMILES string of the molecule is NC(=O)CN(CC(=O)O)C(=O)c1cc(C2CC2)on1. The van der Waals surface area contributed by atoms with Crippen LogP contribution in [0.3, 0.4) is 0 Å². The van der Waals surface area contributed by atoms with Gasteiger partial charge in [0.25, 0.3) is 5.91 Å². The molecular formula is C11H13N3O5. The summed E-state index contributed by atoms with van der Waals surface area (Å²) in [4.78, 5) is 34.3. The smallest absolute Gasteiger partial charge is 0.323 e. The van der Waals surface area contributed by atoms with Crippen LogP contribution in [0.5, 0.6) is 0 Å². The van der Waals surface area contributed by atoms with Crippen LogP contribution in [-0.4, -0.2) is 46.0 Å². The van der Waals surface area contributed by atoms with Crippen LogP contribution in [0.4, 0.5) is 0 Å². The molecule has 0 aliphatic heterocycles. The van der Waals surface area contributed by atoms with Crippen molar-refractivity contribution in [1.82, 2.24) is 10.1 Å². The van der Waals surface area contributed by atoms with Gasteiger partial charge in [-0.3, -0.25) is 14.4 Å². The zero-order valence-corrected chi connectivity index (χ0v) is 10.0. The maximum absolute atomic E-state index is 12.0. The van der Waals surface area contributed by atoms with E-state index in [2.05, 4.69) is 5.16 Å². The molecule has 2 rings (SSSR count). The molecule has 8 heteroatoms. The van der Waals surface area contributed by atoms with Crippen molar-refractivity contribution in [2.75, 3.05) is 13.1 Å². The van der Waals surface area contributed by atoms with E-state index < -0.39 is 30.9 Å². The largest absolute Gasteiger partial charge is 0.480 e. The summed E-state index contributed by atoms with van der Waals surface area (Å²) in [6, 6.07) is 1.48. The van der Waals surface area contributed by atoms with E-state index in [1.54, 1.807) is 0 Å². The second-order valence-corrected chi connectivity index (χ2v) is 4.41. The molecule has 2 amide bonds. The van der Waals surface area contributed by atoms with E-state index in [0.717, 1.165) is 17.7 Å². The number of hydrogen-bond acceptors (Lipinski definition) is 5. The lowest BCUT2D eigenvalue weighted by Gasteiger charge is -2.16. The minimum absolute atomic E-state index is 0.00981. The van der Waals surface area contributed by atoms with Gasteiger partial charge in [-0.05, 0) is 12.8 Å². The summed E-state index contributed by atoms with van der Waals surface area (Å²) in [7, 11) is 0. The average Bonchev–Trinajstić information content (AvgIpc) is 3.04. The number of hydrogen-bond donors (Lipinski definition) is 2. The van der Waals surface area contributed by atoms with Crippen LogP contribution in [0.1, 0.15) is 35.0 Å². The molecule has 0 atom stereocenters. The molecule has 1 aliphatic carbocycles. The van der Waals surface area contributed by atoms with Crippen molar-refractivity contribution in [3.8, 4) is 0 Å². The van der Waals surface area contributed by atoms with Gasteiger partial charge in [0, 0.05) is 12.0 Å². The summed E-state index contributed by atoms with van der Waals surface area (Å²) in [5, 5.41) is 12.3. The molecule has 1 fully saturated rings. The van der Waals surface area contributed by atoms with E-state index in [1.165, 1.54) is 6.07 Å². The van der Waals surface area contributed by atoms with Gasteiger partial charge < -0.3 is 20.3 Å². The number of carboxylic acid groups (broad SMARTS) is 1. The number of primary amides is 1. The first-order chi connectivity index (χ1) is 8.97. The molecule has 0 aromatic carbocycles. The average molecular weight is 267 g/mol.